The standard InChI is InChI=1S/C12H12N2.CH5N/c13-11-5-1-9(2-6-11)10-3-7-12(14)8-4-10;1-2/h1-8H,13-14H2;2H2,1H3. The van der Waals surface area contributed by atoms with Crippen LogP contribution in [0.25, 0.3) is 11.1 Å². The van der Waals surface area contributed by atoms with E-state index in [1.807, 2.05) is 48.5 Å². The largest absolute Gasteiger partial charge is 0.399 e. The van der Waals surface area contributed by atoms with E-state index in [-0.39, 0.29) is 0 Å². The van der Waals surface area contributed by atoms with Gasteiger partial charge in [-0.1, -0.05) is 24.3 Å². The molecule has 16 heavy (non-hydrogen) atoms. The van der Waals surface area contributed by atoms with Gasteiger partial charge in [0.1, 0.15) is 0 Å². The smallest absolute Gasteiger partial charge is 0.0314 e. The van der Waals surface area contributed by atoms with Gasteiger partial charge >= 0.3 is 0 Å². The average molecular weight is 215 g/mol. The fourth-order valence-electron chi connectivity index (χ4n) is 1.35. The van der Waals surface area contributed by atoms with E-state index < -0.39 is 0 Å². The summed E-state index contributed by atoms with van der Waals surface area (Å²) in [6, 6.07) is 15.6. The van der Waals surface area contributed by atoms with Gasteiger partial charge in [0.05, 0.1) is 0 Å². The Kier molecular flexibility index (Phi) is 4.36. The molecule has 0 aliphatic heterocycles. The Morgan fingerprint density at radius 1 is 0.562 bits per heavy atom. The van der Waals surface area contributed by atoms with E-state index >= 15 is 0 Å². The van der Waals surface area contributed by atoms with Crippen molar-refractivity contribution < 1.29 is 0 Å². The predicted molar refractivity (Wildman–Crippen MR) is 70.8 cm³/mol. The number of hydrogen-bond acceptors (Lipinski definition) is 3. The Hall–Kier alpha value is -2.00. The van der Waals surface area contributed by atoms with Gasteiger partial charge in [-0.05, 0) is 42.4 Å². The Balaban J connectivity index is 0.000000606. The molecule has 84 valence electrons. The van der Waals surface area contributed by atoms with Gasteiger partial charge in [-0.2, -0.15) is 0 Å². The van der Waals surface area contributed by atoms with Crippen molar-refractivity contribution in [1.29, 1.82) is 0 Å². The molecule has 0 spiro atoms. The molecule has 0 unspecified atom stereocenters. The first-order chi connectivity index (χ1) is 7.75. The average Bonchev–Trinajstić information content (AvgIpc) is 2.34. The van der Waals surface area contributed by atoms with E-state index in [1.54, 1.807) is 0 Å². The topological polar surface area (TPSA) is 78.1 Å². The van der Waals surface area contributed by atoms with Crippen molar-refractivity contribution in [3.8, 4) is 11.1 Å². The third-order valence-corrected chi connectivity index (χ3v) is 2.15. The molecule has 2 aromatic carbocycles. The van der Waals surface area contributed by atoms with Crippen molar-refractivity contribution in [1.82, 2.24) is 0 Å². The van der Waals surface area contributed by atoms with E-state index in [1.165, 1.54) is 7.05 Å². The molecule has 0 aromatic heterocycles. The third-order valence-electron chi connectivity index (χ3n) is 2.15. The second-order valence-corrected chi connectivity index (χ2v) is 3.24. The number of nitrogen functional groups attached to an aromatic ring is 2. The number of rotatable bonds is 1. The van der Waals surface area contributed by atoms with Gasteiger partial charge in [0, 0.05) is 11.4 Å². The molecule has 0 bridgehead atoms. The molecule has 0 amide bonds. The summed E-state index contributed by atoms with van der Waals surface area (Å²) in [6.45, 7) is 0. The molecule has 3 heteroatoms. The molecule has 6 N–H and O–H groups in total. The quantitative estimate of drug-likeness (QED) is 0.637. The maximum absolute atomic E-state index is 5.61. The van der Waals surface area contributed by atoms with Crippen LogP contribution in [0.4, 0.5) is 11.4 Å². The van der Waals surface area contributed by atoms with Crippen molar-refractivity contribution in [3.63, 3.8) is 0 Å². The fraction of sp³-hybridized carbons (Fsp3) is 0.0769. The second-order valence-electron chi connectivity index (χ2n) is 3.24. The number of anilines is 2. The van der Waals surface area contributed by atoms with Crippen LogP contribution in [-0.2, 0) is 0 Å². The first-order valence-corrected chi connectivity index (χ1v) is 5.05. The minimum absolute atomic E-state index is 0.782. The van der Waals surface area contributed by atoms with E-state index in [9.17, 15) is 0 Å². The fourth-order valence-corrected chi connectivity index (χ4v) is 1.35. The van der Waals surface area contributed by atoms with Crippen molar-refractivity contribution in [2.45, 2.75) is 0 Å². The monoisotopic (exact) mass is 215 g/mol. The lowest BCUT2D eigenvalue weighted by Crippen LogP contribution is -1.85. The summed E-state index contributed by atoms with van der Waals surface area (Å²) in [4.78, 5) is 0. The first kappa shape index (κ1) is 12.1. The number of hydrogen-bond donors (Lipinski definition) is 3. The third kappa shape index (κ3) is 3.00. The molecule has 0 fully saturated rings. The van der Waals surface area contributed by atoms with E-state index in [2.05, 4.69) is 5.73 Å². The van der Waals surface area contributed by atoms with Gasteiger partial charge in [-0.15, -0.1) is 0 Å². The van der Waals surface area contributed by atoms with Crippen LogP contribution in [0.2, 0.25) is 0 Å². The molecule has 2 aromatic rings. The van der Waals surface area contributed by atoms with Gasteiger partial charge in [-0.3, -0.25) is 0 Å². The van der Waals surface area contributed by atoms with Crippen LogP contribution in [-0.4, -0.2) is 7.05 Å². The molecular formula is C13H17N3. The Labute approximate surface area is 95.9 Å². The summed E-state index contributed by atoms with van der Waals surface area (Å²) >= 11 is 0. The van der Waals surface area contributed by atoms with Crippen molar-refractivity contribution >= 4 is 11.4 Å². The van der Waals surface area contributed by atoms with Crippen molar-refractivity contribution in [3.05, 3.63) is 48.5 Å². The molecule has 0 aliphatic rings. The Bertz CT molecular complexity index is 374. The summed E-state index contributed by atoms with van der Waals surface area (Å²) in [5.74, 6) is 0. The van der Waals surface area contributed by atoms with Gasteiger partial charge < -0.3 is 17.2 Å². The van der Waals surface area contributed by atoms with Crippen LogP contribution < -0.4 is 17.2 Å². The van der Waals surface area contributed by atoms with Gasteiger partial charge in [0.25, 0.3) is 0 Å². The highest BCUT2D eigenvalue weighted by Crippen LogP contribution is 2.21. The van der Waals surface area contributed by atoms with E-state index in [0.29, 0.717) is 0 Å². The molecule has 0 atom stereocenters. The van der Waals surface area contributed by atoms with Crippen LogP contribution in [0.3, 0.4) is 0 Å². The van der Waals surface area contributed by atoms with Gasteiger partial charge in [0.2, 0.25) is 0 Å². The van der Waals surface area contributed by atoms with Crippen LogP contribution >= 0.6 is 0 Å². The molecular weight excluding hydrogens is 198 g/mol. The van der Waals surface area contributed by atoms with E-state index in [0.717, 1.165) is 22.5 Å². The molecule has 0 heterocycles. The minimum Gasteiger partial charge on any atom is -0.399 e. The number of benzene rings is 2. The molecule has 3 nitrogen and oxygen atoms in total. The van der Waals surface area contributed by atoms with Crippen LogP contribution in [0, 0.1) is 0 Å². The summed E-state index contributed by atoms with van der Waals surface area (Å²) in [5.41, 5.74) is 19.6. The Morgan fingerprint density at radius 3 is 1.06 bits per heavy atom. The summed E-state index contributed by atoms with van der Waals surface area (Å²) in [5, 5.41) is 0. The predicted octanol–water partition coefficient (Wildman–Crippen LogP) is 2.09. The molecule has 0 radical (unpaired) electrons. The van der Waals surface area contributed by atoms with Crippen LogP contribution in [0.15, 0.2) is 48.5 Å². The molecule has 0 saturated carbocycles. The SMILES string of the molecule is CN.Nc1ccc(-c2ccc(N)cc2)cc1. The number of nitrogens with two attached hydrogens (primary N) is 3. The minimum atomic E-state index is 0.782. The maximum Gasteiger partial charge on any atom is 0.0314 e. The highest BCUT2D eigenvalue weighted by molar-refractivity contribution is 5.67. The zero-order valence-corrected chi connectivity index (χ0v) is 9.35. The molecule has 0 aliphatic carbocycles. The van der Waals surface area contributed by atoms with Crippen LogP contribution in [0.1, 0.15) is 0 Å². The maximum atomic E-state index is 5.61. The van der Waals surface area contributed by atoms with Gasteiger partial charge in [0.15, 0.2) is 0 Å². The Morgan fingerprint density at radius 2 is 0.812 bits per heavy atom. The molecule has 0 saturated heterocycles. The highest BCUT2D eigenvalue weighted by Gasteiger charge is 1.95. The summed E-state index contributed by atoms with van der Waals surface area (Å²) in [6.07, 6.45) is 0. The second kappa shape index (κ2) is 5.78. The van der Waals surface area contributed by atoms with Crippen molar-refractivity contribution in [2.24, 2.45) is 5.73 Å². The summed E-state index contributed by atoms with van der Waals surface area (Å²) in [7, 11) is 1.50. The zero-order chi connectivity index (χ0) is 12.0. The lowest BCUT2D eigenvalue weighted by atomic mass is 10.1. The van der Waals surface area contributed by atoms with Crippen molar-refractivity contribution in [2.75, 3.05) is 18.5 Å². The van der Waals surface area contributed by atoms with Gasteiger partial charge in [-0.25, -0.2) is 0 Å². The first-order valence-electron chi connectivity index (χ1n) is 5.05. The molecule has 2 rings (SSSR count). The summed E-state index contributed by atoms with van der Waals surface area (Å²) < 4.78 is 0. The lowest BCUT2D eigenvalue weighted by molar-refractivity contribution is 1.48. The lowest BCUT2D eigenvalue weighted by Gasteiger charge is -2.02. The van der Waals surface area contributed by atoms with E-state index in [4.69, 9.17) is 11.5 Å². The van der Waals surface area contributed by atoms with Crippen LogP contribution in [0.5, 0.6) is 0 Å². The zero-order valence-electron chi connectivity index (χ0n) is 9.35. The highest BCUT2D eigenvalue weighted by atomic mass is 14.5. The normalized spacial score (nSPS) is 9.12.